The fourth-order valence-corrected chi connectivity index (χ4v) is 3.81. The van der Waals surface area contributed by atoms with Crippen molar-refractivity contribution >= 4 is 5.91 Å². The van der Waals surface area contributed by atoms with Crippen LogP contribution in [0.2, 0.25) is 0 Å². The Hall–Kier alpha value is -3.22. The molecule has 0 N–H and O–H groups in total. The second-order valence-electron chi connectivity index (χ2n) is 7.57. The van der Waals surface area contributed by atoms with Crippen LogP contribution in [0.3, 0.4) is 0 Å². The molecule has 30 heavy (non-hydrogen) atoms. The lowest BCUT2D eigenvalue weighted by Gasteiger charge is -2.32. The molecule has 1 unspecified atom stereocenters. The highest BCUT2D eigenvalue weighted by Gasteiger charge is 2.28. The quantitative estimate of drug-likeness (QED) is 0.629. The van der Waals surface area contributed by atoms with Crippen molar-refractivity contribution in [1.29, 1.82) is 0 Å². The highest BCUT2D eigenvalue weighted by Crippen LogP contribution is 2.28. The molecule has 4 rings (SSSR count). The maximum Gasteiger partial charge on any atom is 0.257 e. The first kappa shape index (κ1) is 20.1. The molecule has 1 aliphatic rings. The van der Waals surface area contributed by atoms with Crippen LogP contribution in [0.5, 0.6) is 5.75 Å². The van der Waals surface area contributed by atoms with Crippen LogP contribution in [0.25, 0.3) is 11.3 Å². The highest BCUT2D eigenvalue weighted by atomic mass is 19.1. The molecule has 2 heterocycles. The number of hydrogen-bond acceptors (Lipinski definition) is 3. The van der Waals surface area contributed by atoms with Gasteiger partial charge in [-0.05, 0) is 37.1 Å². The number of hydrogen-bond donors (Lipinski definition) is 0. The van der Waals surface area contributed by atoms with Crippen LogP contribution in [-0.4, -0.2) is 40.3 Å². The predicted octanol–water partition coefficient (Wildman–Crippen LogP) is 4.30. The molecule has 1 aliphatic heterocycles. The number of nitrogens with zero attached hydrogens (tertiary/aromatic N) is 3. The van der Waals surface area contributed by atoms with Crippen LogP contribution in [0.1, 0.15) is 23.2 Å². The third-order valence-corrected chi connectivity index (χ3v) is 5.28. The minimum Gasteiger partial charge on any atom is -0.493 e. The average molecular weight is 411 g/mol. The monoisotopic (exact) mass is 411 g/mol. The number of piperidine rings is 1. The highest BCUT2D eigenvalue weighted by molar-refractivity contribution is 6.00. The molecule has 1 aromatic heterocycles. The largest absolute Gasteiger partial charge is 0.493 e. The summed E-state index contributed by atoms with van der Waals surface area (Å²) in [7, 11) is 1.68. The summed E-state index contributed by atoms with van der Waals surface area (Å²) in [5, 5.41) is 4.26. The summed E-state index contributed by atoms with van der Waals surface area (Å²) < 4.78 is 35.0. The number of benzene rings is 2. The predicted molar refractivity (Wildman–Crippen MR) is 109 cm³/mol. The van der Waals surface area contributed by atoms with Crippen molar-refractivity contribution in [3.05, 3.63) is 71.9 Å². The Morgan fingerprint density at radius 1 is 1.20 bits per heavy atom. The van der Waals surface area contributed by atoms with Gasteiger partial charge in [0.05, 0.1) is 12.2 Å². The standard InChI is InChI=1S/C23H23F2N3O2/c1-27-14-20(22(26-27)19-10-9-17(24)12-21(19)25)23(29)28-11-5-6-16(13-28)15-30-18-7-3-2-4-8-18/h2-4,7-10,12,14,16H,5-6,11,13,15H2,1H3. The lowest BCUT2D eigenvalue weighted by atomic mass is 9.97. The Kier molecular flexibility index (Phi) is 5.79. The Morgan fingerprint density at radius 2 is 2.00 bits per heavy atom. The van der Waals surface area contributed by atoms with E-state index in [1.54, 1.807) is 18.1 Å². The third-order valence-electron chi connectivity index (χ3n) is 5.28. The normalized spacial score (nSPS) is 16.5. The van der Waals surface area contributed by atoms with Gasteiger partial charge in [0.25, 0.3) is 5.91 Å². The van der Waals surface area contributed by atoms with E-state index in [0.29, 0.717) is 25.3 Å². The van der Waals surface area contributed by atoms with E-state index in [9.17, 15) is 13.6 Å². The first-order chi connectivity index (χ1) is 14.5. The van der Waals surface area contributed by atoms with Gasteiger partial charge in [-0.1, -0.05) is 18.2 Å². The van der Waals surface area contributed by atoms with Gasteiger partial charge < -0.3 is 9.64 Å². The second kappa shape index (κ2) is 8.65. The molecule has 0 radical (unpaired) electrons. The van der Waals surface area contributed by atoms with Crippen molar-refractivity contribution in [1.82, 2.24) is 14.7 Å². The maximum atomic E-state index is 14.3. The van der Waals surface area contributed by atoms with Crippen molar-refractivity contribution in [2.75, 3.05) is 19.7 Å². The molecule has 1 atom stereocenters. The molecule has 3 aromatic rings. The zero-order valence-electron chi connectivity index (χ0n) is 16.7. The number of aromatic nitrogens is 2. The number of likely N-dealkylation sites (tertiary alicyclic amines) is 1. The molecule has 7 heteroatoms. The van der Waals surface area contributed by atoms with Gasteiger partial charge in [0.2, 0.25) is 0 Å². The Balaban J connectivity index is 1.50. The van der Waals surface area contributed by atoms with Gasteiger partial charge in [-0.15, -0.1) is 0 Å². The number of rotatable bonds is 5. The number of halogens is 2. The fourth-order valence-electron chi connectivity index (χ4n) is 3.81. The first-order valence-corrected chi connectivity index (χ1v) is 9.97. The van der Waals surface area contributed by atoms with Gasteiger partial charge in [0.15, 0.2) is 0 Å². The molecule has 0 aliphatic carbocycles. The molecule has 2 aromatic carbocycles. The number of amides is 1. The molecule has 0 saturated carbocycles. The summed E-state index contributed by atoms with van der Waals surface area (Å²) in [6.45, 7) is 1.72. The average Bonchev–Trinajstić information content (AvgIpc) is 3.14. The van der Waals surface area contributed by atoms with Crippen LogP contribution in [0.15, 0.2) is 54.7 Å². The van der Waals surface area contributed by atoms with Crippen LogP contribution in [0, 0.1) is 17.6 Å². The summed E-state index contributed by atoms with van der Waals surface area (Å²) in [4.78, 5) is 15.0. The summed E-state index contributed by atoms with van der Waals surface area (Å²) >= 11 is 0. The van der Waals surface area contributed by atoms with Gasteiger partial charge in [-0.2, -0.15) is 5.10 Å². The Bertz CT molecular complexity index is 1040. The lowest BCUT2D eigenvalue weighted by molar-refractivity contribution is 0.0634. The van der Waals surface area contributed by atoms with Gasteiger partial charge in [-0.3, -0.25) is 9.48 Å². The molecule has 0 spiro atoms. The van der Waals surface area contributed by atoms with E-state index in [1.165, 1.54) is 16.8 Å². The molecule has 1 fully saturated rings. The molecule has 0 bridgehead atoms. The van der Waals surface area contributed by atoms with Gasteiger partial charge in [-0.25, -0.2) is 8.78 Å². The van der Waals surface area contributed by atoms with Crippen LogP contribution < -0.4 is 4.74 Å². The Morgan fingerprint density at radius 3 is 2.77 bits per heavy atom. The number of carbonyl (C=O) groups is 1. The summed E-state index contributed by atoms with van der Waals surface area (Å²) in [6, 6.07) is 12.9. The van der Waals surface area contributed by atoms with E-state index in [2.05, 4.69) is 5.10 Å². The zero-order chi connectivity index (χ0) is 21.1. The van der Waals surface area contributed by atoms with E-state index >= 15 is 0 Å². The van der Waals surface area contributed by atoms with E-state index in [4.69, 9.17) is 4.74 Å². The molecular weight excluding hydrogens is 388 g/mol. The number of aryl methyl sites for hydroxylation is 1. The Labute approximate surface area is 173 Å². The van der Waals surface area contributed by atoms with Crippen molar-refractivity contribution in [2.45, 2.75) is 12.8 Å². The van der Waals surface area contributed by atoms with Gasteiger partial charge in [0.1, 0.15) is 23.1 Å². The maximum absolute atomic E-state index is 14.3. The van der Waals surface area contributed by atoms with Crippen LogP contribution >= 0.6 is 0 Å². The van der Waals surface area contributed by atoms with E-state index in [0.717, 1.165) is 24.7 Å². The number of para-hydroxylation sites is 1. The third kappa shape index (κ3) is 4.35. The minimum atomic E-state index is -0.740. The number of ether oxygens (including phenoxy) is 1. The van der Waals surface area contributed by atoms with Crippen molar-refractivity contribution in [2.24, 2.45) is 13.0 Å². The van der Waals surface area contributed by atoms with Crippen LogP contribution in [0.4, 0.5) is 8.78 Å². The van der Waals surface area contributed by atoms with Crippen molar-refractivity contribution in [3.8, 4) is 17.0 Å². The summed E-state index contributed by atoms with van der Waals surface area (Å²) in [5.41, 5.74) is 0.650. The van der Waals surface area contributed by atoms with Crippen molar-refractivity contribution < 1.29 is 18.3 Å². The molecular formula is C23H23F2N3O2. The minimum absolute atomic E-state index is 0.112. The van der Waals surface area contributed by atoms with Crippen LogP contribution in [-0.2, 0) is 7.05 Å². The smallest absolute Gasteiger partial charge is 0.257 e. The molecule has 5 nitrogen and oxygen atoms in total. The zero-order valence-corrected chi connectivity index (χ0v) is 16.7. The molecule has 1 amide bonds. The summed E-state index contributed by atoms with van der Waals surface area (Å²) in [6.07, 6.45) is 3.43. The van der Waals surface area contributed by atoms with E-state index in [-0.39, 0.29) is 23.1 Å². The first-order valence-electron chi connectivity index (χ1n) is 9.97. The lowest BCUT2D eigenvalue weighted by Crippen LogP contribution is -2.41. The topological polar surface area (TPSA) is 47.4 Å². The van der Waals surface area contributed by atoms with Gasteiger partial charge >= 0.3 is 0 Å². The summed E-state index contributed by atoms with van der Waals surface area (Å²) in [5.74, 6) is -0.591. The second-order valence-corrected chi connectivity index (χ2v) is 7.57. The van der Waals surface area contributed by atoms with E-state index in [1.807, 2.05) is 30.3 Å². The molecule has 156 valence electrons. The van der Waals surface area contributed by atoms with E-state index < -0.39 is 11.6 Å². The SMILES string of the molecule is Cn1cc(C(=O)N2CCCC(COc3ccccc3)C2)c(-c2ccc(F)cc2F)n1. The van der Waals surface area contributed by atoms with Crippen molar-refractivity contribution in [3.63, 3.8) is 0 Å². The fraction of sp³-hybridized carbons (Fsp3) is 0.304. The molecule has 1 saturated heterocycles. The number of carbonyl (C=O) groups excluding carboxylic acids is 1. The van der Waals surface area contributed by atoms with Gasteiger partial charge in [0, 0.05) is 43.9 Å².